The molecule has 0 aromatic heterocycles. The topological polar surface area (TPSA) is 96.0 Å². The summed E-state index contributed by atoms with van der Waals surface area (Å²) < 4.78 is 0. The highest BCUT2D eigenvalue weighted by Gasteiger charge is 2.14. The van der Waals surface area contributed by atoms with E-state index in [0.29, 0.717) is 11.3 Å². The molecule has 0 aliphatic rings. The predicted octanol–water partition coefficient (Wildman–Crippen LogP) is 4.60. The minimum Gasteiger partial charge on any atom is -0.321 e. The van der Waals surface area contributed by atoms with Gasteiger partial charge in [0.05, 0.1) is 10.6 Å². The van der Waals surface area contributed by atoms with Gasteiger partial charge >= 0.3 is 0 Å². The lowest BCUT2D eigenvalue weighted by Gasteiger charge is -2.08. The number of nitrogens with zero attached hydrogens (tertiary/aromatic N) is 2. The summed E-state index contributed by atoms with van der Waals surface area (Å²) in [5.41, 5.74) is 1.49. The molecule has 0 spiro atoms. The smallest absolute Gasteiger partial charge is 0.271 e. The van der Waals surface area contributed by atoms with Gasteiger partial charge in [0.1, 0.15) is 11.6 Å². The Morgan fingerprint density at radius 2 is 1.89 bits per heavy atom. The average molecular weight is 357 g/mol. The van der Waals surface area contributed by atoms with Crippen LogP contribution in [0.5, 0.6) is 0 Å². The Hall–Kier alpha value is -3.98. The number of hydrogen-bond acceptors (Lipinski definition) is 4. The van der Waals surface area contributed by atoms with Crippen molar-refractivity contribution >= 4 is 34.1 Å². The Balaban J connectivity index is 1.95. The van der Waals surface area contributed by atoms with Gasteiger partial charge in [0, 0.05) is 12.1 Å². The molecular weight excluding hydrogens is 342 g/mol. The second-order valence-electron chi connectivity index (χ2n) is 5.95. The zero-order valence-electron chi connectivity index (χ0n) is 14.5. The maximum Gasteiger partial charge on any atom is 0.271 e. The molecule has 132 valence electrons. The summed E-state index contributed by atoms with van der Waals surface area (Å²) in [6.45, 7) is 1.72. The summed E-state index contributed by atoms with van der Waals surface area (Å²) in [5.74, 6) is -0.617. The molecule has 0 bridgehead atoms. The molecule has 3 aromatic carbocycles. The number of amides is 1. The largest absolute Gasteiger partial charge is 0.321 e. The van der Waals surface area contributed by atoms with Crippen LogP contribution in [-0.2, 0) is 4.79 Å². The van der Waals surface area contributed by atoms with Crippen molar-refractivity contribution in [3.63, 3.8) is 0 Å². The second-order valence-corrected chi connectivity index (χ2v) is 5.95. The highest BCUT2D eigenvalue weighted by molar-refractivity contribution is 6.11. The van der Waals surface area contributed by atoms with Crippen LogP contribution in [-0.4, -0.2) is 10.8 Å². The molecule has 6 heteroatoms. The fourth-order valence-corrected chi connectivity index (χ4v) is 2.73. The summed E-state index contributed by atoms with van der Waals surface area (Å²) in [7, 11) is 0. The van der Waals surface area contributed by atoms with Gasteiger partial charge in [-0.2, -0.15) is 5.26 Å². The van der Waals surface area contributed by atoms with Crippen LogP contribution in [0.4, 0.5) is 11.4 Å². The number of aryl methyl sites for hydroxylation is 1. The summed E-state index contributed by atoms with van der Waals surface area (Å²) in [6.07, 6.45) is 1.52. The average Bonchev–Trinajstić information content (AvgIpc) is 2.67. The molecule has 3 aromatic rings. The van der Waals surface area contributed by atoms with Crippen LogP contribution in [0.3, 0.4) is 0 Å². The minimum atomic E-state index is -0.617. The van der Waals surface area contributed by atoms with E-state index in [9.17, 15) is 20.2 Å². The molecule has 1 N–H and O–H groups in total. The Bertz CT molecular complexity index is 1120. The number of fused-ring (bicyclic) bond motifs is 1. The normalized spacial score (nSPS) is 11.0. The van der Waals surface area contributed by atoms with Crippen LogP contribution < -0.4 is 5.32 Å². The van der Waals surface area contributed by atoms with Crippen molar-refractivity contribution in [1.29, 1.82) is 5.26 Å². The van der Waals surface area contributed by atoms with E-state index in [1.807, 2.05) is 48.5 Å². The second kappa shape index (κ2) is 7.50. The first-order chi connectivity index (χ1) is 13.0. The number of rotatable bonds is 4. The zero-order chi connectivity index (χ0) is 19.4. The van der Waals surface area contributed by atoms with Crippen molar-refractivity contribution in [2.75, 3.05) is 5.32 Å². The van der Waals surface area contributed by atoms with E-state index in [1.165, 1.54) is 18.2 Å². The molecule has 0 saturated carbocycles. The molecule has 0 saturated heterocycles. The molecule has 6 nitrogen and oxygen atoms in total. The van der Waals surface area contributed by atoms with Gasteiger partial charge in [-0.3, -0.25) is 14.9 Å². The van der Waals surface area contributed by atoms with Crippen LogP contribution in [0.1, 0.15) is 11.1 Å². The third kappa shape index (κ3) is 3.83. The minimum absolute atomic E-state index is 0.0859. The van der Waals surface area contributed by atoms with Crippen LogP contribution in [0.25, 0.3) is 16.8 Å². The Kier molecular flexibility index (Phi) is 4.95. The van der Waals surface area contributed by atoms with Crippen molar-refractivity contribution in [1.82, 2.24) is 0 Å². The Morgan fingerprint density at radius 3 is 2.63 bits per heavy atom. The molecule has 27 heavy (non-hydrogen) atoms. The van der Waals surface area contributed by atoms with Gasteiger partial charge in [-0.25, -0.2) is 0 Å². The highest BCUT2D eigenvalue weighted by Crippen LogP contribution is 2.24. The first-order valence-corrected chi connectivity index (χ1v) is 8.15. The SMILES string of the molecule is Cc1ccc([N+](=O)[O-])cc1NC(=O)/C(C#N)=C/c1cccc2ccccc12. The number of carbonyl (C=O) groups is 1. The number of hydrogen-bond donors (Lipinski definition) is 1. The molecule has 0 fully saturated rings. The van der Waals surface area contributed by atoms with Gasteiger partial charge in [0.2, 0.25) is 0 Å². The number of nitriles is 1. The number of benzene rings is 3. The quantitative estimate of drug-likeness (QED) is 0.319. The summed E-state index contributed by atoms with van der Waals surface area (Å²) >= 11 is 0. The molecule has 3 rings (SSSR count). The van der Waals surface area contributed by atoms with E-state index < -0.39 is 10.8 Å². The maximum atomic E-state index is 12.5. The van der Waals surface area contributed by atoms with Crippen LogP contribution in [0, 0.1) is 28.4 Å². The van der Waals surface area contributed by atoms with Gasteiger partial charge in [-0.05, 0) is 34.9 Å². The molecule has 0 aliphatic carbocycles. The maximum absolute atomic E-state index is 12.5. The van der Waals surface area contributed by atoms with E-state index in [-0.39, 0.29) is 11.3 Å². The Morgan fingerprint density at radius 1 is 1.15 bits per heavy atom. The van der Waals surface area contributed by atoms with Gasteiger partial charge in [0.15, 0.2) is 0 Å². The molecule has 1 amide bonds. The van der Waals surface area contributed by atoms with Crippen LogP contribution >= 0.6 is 0 Å². The molecular formula is C21H15N3O3. The van der Waals surface area contributed by atoms with Gasteiger partial charge in [-0.1, -0.05) is 48.5 Å². The van der Waals surface area contributed by atoms with Crippen LogP contribution in [0.15, 0.2) is 66.2 Å². The van der Waals surface area contributed by atoms with E-state index in [4.69, 9.17) is 0 Å². The fourth-order valence-electron chi connectivity index (χ4n) is 2.73. The molecule has 0 atom stereocenters. The zero-order valence-corrected chi connectivity index (χ0v) is 14.5. The van der Waals surface area contributed by atoms with Gasteiger partial charge in [-0.15, -0.1) is 0 Å². The molecule has 0 unspecified atom stereocenters. The third-order valence-corrected chi connectivity index (χ3v) is 4.17. The van der Waals surface area contributed by atoms with Crippen molar-refractivity contribution in [2.24, 2.45) is 0 Å². The molecule has 0 radical (unpaired) electrons. The molecule has 0 aliphatic heterocycles. The Labute approximate surface area is 155 Å². The third-order valence-electron chi connectivity index (χ3n) is 4.17. The monoisotopic (exact) mass is 357 g/mol. The number of nitro benzene ring substituents is 1. The standard InChI is InChI=1S/C21H15N3O3/c1-14-9-10-18(24(26)27)12-20(14)23-21(25)17(13-22)11-16-7-4-6-15-5-2-3-8-19(15)16/h2-12H,1H3,(H,23,25)/b17-11+. The van der Waals surface area contributed by atoms with E-state index in [0.717, 1.165) is 16.3 Å². The van der Waals surface area contributed by atoms with E-state index in [1.54, 1.807) is 13.0 Å². The lowest BCUT2D eigenvalue weighted by molar-refractivity contribution is -0.384. The number of anilines is 1. The van der Waals surface area contributed by atoms with Crippen molar-refractivity contribution < 1.29 is 9.72 Å². The lowest BCUT2D eigenvalue weighted by atomic mass is 10.0. The van der Waals surface area contributed by atoms with Gasteiger partial charge < -0.3 is 5.32 Å². The number of nitrogens with one attached hydrogen (secondary N) is 1. The highest BCUT2D eigenvalue weighted by atomic mass is 16.6. The number of nitro groups is 1. The van der Waals surface area contributed by atoms with Crippen molar-refractivity contribution in [3.8, 4) is 6.07 Å². The predicted molar refractivity (Wildman–Crippen MR) is 104 cm³/mol. The van der Waals surface area contributed by atoms with Crippen molar-refractivity contribution in [2.45, 2.75) is 6.92 Å². The number of non-ortho nitro benzene ring substituents is 1. The fraction of sp³-hybridized carbons (Fsp3) is 0.0476. The lowest BCUT2D eigenvalue weighted by Crippen LogP contribution is -2.14. The summed E-state index contributed by atoms with van der Waals surface area (Å²) in [5, 5.41) is 24.9. The summed E-state index contributed by atoms with van der Waals surface area (Å²) in [6, 6.07) is 19.4. The first-order valence-electron chi connectivity index (χ1n) is 8.15. The summed E-state index contributed by atoms with van der Waals surface area (Å²) in [4.78, 5) is 22.9. The van der Waals surface area contributed by atoms with E-state index in [2.05, 4.69) is 5.32 Å². The number of carbonyl (C=O) groups excluding carboxylic acids is 1. The molecule has 0 heterocycles. The van der Waals surface area contributed by atoms with Gasteiger partial charge in [0.25, 0.3) is 11.6 Å². The van der Waals surface area contributed by atoms with E-state index >= 15 is 0 Å². The first kappa shape index (κ1) is 17.8. The van der Waals surface area contributed by atoms with Crippen LogP contribution in [0.2, 0.25) is 0 Å². The van der Waals surface area contributed by atoms with Crippen molar-refractivity contribution in [3.05, 3.63) is 87.5 Å².